The average Bonchev–Trinajstić information content (AvgIpc) is 2.18. The molecule has 0 heterocycles. The first-order valence-corrected chi connectivity index (χ1v) is 5.96. The smallest absolute Gasteiger partial charge is 0.224 e. The third kappa shape index (κ3) is 5.39. The Morgan fingerprint density at radius 3 is 2.59 bits per heavy atom. The third-order valence-corrected chi connectivity index (χ3v) is 2.67. The van der Waals surface area contributed by atoms with Crippen molar-refractivity contribution in [2.75, 3.05) is 6.54 Å². The number of carbonyl (C=O) groups excluding carboxylic acids is 1. The Balaban J connectivity index is 2.57. The summed E-state index contributed by atoms with van der Waals surface area (Å²) in [5.74, 6) is -0.184. The molecule has 2 N–H and O–H groups in total. The van der Waals surface area contributed by atoms with Gasteiger partial charge in [0.1, 0.15) is 0 Å². The van der Waals surface area contributed by atoms with E-state index in [1.165, 1.54) is 0 Å². The van der Waals surface area contributed by atoms with Crippen LogP contribution in [-0.4, -0.2) is 23.2 Å². The highest BCUT2D eigenvalue weighted by molar-refractivity contribution is 6.35. The van der Waals surface area contributed by atoms with Crippen molar-refractivity contribution in [3.8, 4) is 0 Å². The van der Waals surface area contributed by atoms with Crippen molar-refractivity contribution in [1.29, 1.82) is 0 Å². The second-order valence-electron chi connectivity index (χ2n) is 4.50. The summed E-state index contributed by atoms with van der Waals surface area (Å²) in [4.78, 5) is 11.6. The fraction of sp³-hybridized carbons (Fsp3) is 0.417. The molecule has 0 spiro atoms. The Kier molecular flexibility index (Phi) is 4.80. The van der Waals surface area contributed by atoms with E-state index in [1.807, 2.05) is 0 Å². The Morgan fingerprint density at radius 2 is 2.06 bits per heavy atom. The van der Waals surface area contributed by atoms with Gasteiger partial charge in [0.2, 0.25) is 5.91 Å². The Labute approximate surface area is 111 Å². The van der Waals surface area contributed by atoms with Crippen LogP contribution in [0.3, 0.4) is 0 Å². The first-order chi connectivity index (χ1) is 7.78. The quantitative estimate of drug-likeness (QED) is 0.887. The zero-order valence-corrected chi connectivity index (χ0v) is 11.3. The molecule has 0 saturated carbocycles. The lowest BCUT2D eigenvalue weighted by Crippen LogP contribution is -2.38. The molecular formula is C12H15Cl2NO2. The summed E-state index contributed by atoms with van der Waals surface area (Å²) in [6.07, 6.45) is 0.173. The van der Waals surface area contributed by atoms with Gasteiger partial charge in [-0.25, -0.2) is 0 Å². The molecule has 5 heteroatoms. The minimum absolute atomic E-state index is 0.173. The average molecular weight is 276 g/mol. The van der Waals surface area contributed by atoms with Gasteiger partial charge < -0.3 is 10.4 Å². The van der Waals surface area contributed by atoms with Crippen LogP contribution in [0.2, 0.25) is 10.0 Å². The van der Waals surface area contributed by atoms with E-state index < -0.39 is 5.60 Å². The fourth-order valence-corrected chi connectivity index (χ4v) is 1.69. The Hall–Kier alpha value is -0.770. The number of aliphatic hydroxyl groups is 1. The van der Waals surface area contributed by atoms with E-state index in [9.17, 15) is 9.90 Å². The van der Waals surface area contributed by atoms with Gasteiger partial charge in [-0.3, -0.25) is 4.79 Å². The second-order valence-corrected chi connectivity index (χ2v) is 5.35. The van der Waals surface area contributed by atoms with Crippen LogP contribution < -0.4 is 5.32 Å². The molecular weight excluding hydrogens is 261 g/mol. The predicted molar refractivity (Wildman–Crippen MR) is 69.5 cm³/mol. The predicted octanol–water partition coefficient (Wildman–Crippen LogP) is 2.42. The number of carbonyl (C=O) groups is 1. The van der Waals surface area contributed by atoms with Gasteiger partial charge >= 0.3 is 0 Å². The molecule has 17 heavy (non-hydrogen) atoms. The highest BCUT2D eigenvalue weighted by atomic mass is 35.5. The van der Waals surface area contributed by atoms with Crippen molar-refractivity contribution in [3.05, 3.63) is 33.8 Å². The van der Waals surface area contributed by atoms with Crippen LogP contribution in [0.4, 0.5) is 0 Å². The number of benzene rings is 1. The largest absolute Gasteiger partial charge is 0.389 e. The minimum atomic E-state index is -0.917. The Morgan fingerprint density at radius 1 is 1.41 bits per heavy atom. The molecule has 0 aliphatic rings. The van der Waals surface area contributed by atoms with Crippen LogP contribution in [0.15, 0.2) is 18.2 Å². The SMILES string of the molecule is CC(C)(O)CNC(=O)Cc1ccc(Cl)cc1Cl. The van der Waals surface area contributed by atoms with Crippen LogP contribution >= 0.6 is 23.2 Å². The molecule has 0 radical (unpaired) electrons. The van der Waals surface area contributed by atoms with Gasteiger partial charge in [-0.1, -0.05) is 29.3 Å². The van der Waals surface area contributed by atoms with Crippen molar-refractivity contribution in [2.24, 2.45) is 0 Å². The highest BCUT2D eigenvalue weighted by Gasteiger charge is 2.14. The summed E-state index contributed by atoms with van der Waals surface area (Å²) in [5, 5.41) is 13.1. The summed E-state index contributed by atoms with van der Waals surface area (Å²) in [6.45, 7) is 3.46. The maximum Gasteiger partial charge on any atom is 0.224 e. The van der Waals surface area contributed by atoms with Gasteiger partial charge in [0.05, 0.1) is 12.0 Å². The maximum absolute atomic E-state index is 11.6. The molecule has 1 aromatic carbocycles. The fourth-order valence-electron chi connectivity index (χ4n) is 1.22. The van der Waals surface area contributed by atoms with E-state index in [0.717, 1.165) is 0 Å². The molecule has 0 aromatic heterocycles. The number of halogens is 2. The maximum atomic E-state index is 11.6. The molecule has 3 nitrogen and oxygen atoms in total. The summed E-state index contributed by atoms with van der Waals surface area (Å²) in [6, 6.07) is 5.00. The lowest BCUT2D eigenvalue weighted by Gasteiger charge is -2.17. The van der Waals surface area contributed by atoms with Gasteiger partial charge in [0, 0.05) is 16.6 Å². The number of rotatable bonds is 4. The number of hydrogen-bond donors (Lipinski definition) is 2. The van der Waals surface area contributed by atoms with E-state index >= 15 is 0 Å². The standard InChI is InChI=1S/C12H15Cl2NO2/c1-12(2,17)7-15-11(16)5-8-3-4-9(13)6-10(8)14/h3-4,6,17H,5,7H2,1-2H3,(H,15,16). The number of nitrogens with one attached hydrogen (secondary N) is 1. The third-order valence-electron chi connectivity index (χ3n) is 2.08. The Bertz CT molecular complexity index is 413. The van der Waals surface area contributed by atoms with Crippen LogP contribution in [-0.2, 0) is 11.2 Å². The molecule has 1 amide bonds. The molecule has 94 valence electrons. The molecule has 0 aliphatic carbocycles. The number of amides is 1. The molecule has 1 rings (SSSR count). The molecule has 0 saturated heterocycles. The van der Waals surface area contributed by atoms with Crippen molar-refractivity contribution in [2.45, 2.75) is 25.9 Å². The molecule has 0 fully saturated rings. The van der Waals surface area contributed by atoms with Crippen LogP contribution in [0.5, 0.6) is 0 Å². The van der Waals surface area contributed by atoms with Gasteiger partial charge in [-0.2, -0.15) is 0 Å². The second kappa shape index (κ2) is 5.71. The lowest BCUT2D eigenvalue weighted by molar-refractivity contribution is -0.121. The molecule has 0 bridgehead atoms. The van der Waals surface area contributed by atoms with Crippen molar-refractivity contribution in [3.63, 3.8) is 0 Å². The monoisotopic (exact) mass is 275 g/mol. The summed E-state index contributed by atoms with van der Waals surface area (Å²) in [7, 11) is 0. The van der Waals surface area contributed by atoms with Crippen molar-refractivity contribution >= 4 is 29.1 Å². The lowest BCUT2D eigenvalue weighted by atomic mass is 10.1. The summed E-state index contributed by atoms with van der Waals surface area (Å²) < 4.78 is 0. The van der Waals surface area contributed by atoms with Crippen molar-refractivity contribution in [1.82, 2.24) is 5.32 Å². The highest BCUT2D eigenvalue weighted by Crippen LogP contribution is 2.21. The summed E-state index contributed by atoms with van der Waals surface area (Å²) >= 11 is 11.7. The minimum Gasteiger partial charge on any atom is -0.389 e. The molecule has 0 unspecified atom stereocenters. The zero-order valence-electron chi connectivity index (χ0n) is 9.76. The van der Waals surface area contributed by atoms with Gasteiger partial charge in [-0.05, 0) is 31.5 Å². The molecule has 1 aromatic rings. The van der Waals surface area contributed by atoms with Gasteiger partial charge in [-0.15, -0.1) is 0 Å². The van der Waals surface area contributed by atoms with E-state index in [-0.39, 0.29) is 18.9 Å². The topological polar surface area (TPSA) is 49.3 Å². The first kappa shape index (κ1) is 14.3. The van der Waals surface area contributed by atoms with Gasteiger partial charge in [0.15, 0.2) is 0 Å². The first-order valence-electron chi connectivity index (χ1n) is 5.21. The molecule has 0 atom stereocenters. The van der Waals surface area contributed by atoms with E-state index in [2.05, 4.69) is 5.32 Å². The normalized spacial score (nSPS) is 11.4. The van der Waals surface area contributed by atoms with E-state index in [1.54, 1.807) is 32.0 Å². The van der Waals surface area contributed by atoms with Crippen LogP contribution in [0.25, 0.3) is 0 Å². The molecule has 0 aliphatic heterocycles. The van der Waals surface area contributed by atoms with Crippen molar-refractivity contribution < 1.29 is 9.90 Å². The van der Waals surface area contributed by atoms with E-state index in [4.69, 9.17) is 23.2 Å². The van der Waals surface area contributed by atoms with E-state index in [0.29, 0.717) is 15.6 Å². The zero-order chi connectivity index (χ0) is 13.1. The number of hydrogen-bond acceptors (Lipinski definition) is 2. The van der Waals surface area contributed by atoms with Crippen LogP contribution in [0, 0.1) is 0 Å². The van der Waals surface area contributed by atoms with Gasteiger partial charge in [0.25, 0.3) is 0 Å². The summed E-state index contributed by atoms with van der Waals surface area (Å²) in [5.41, 5.74) is -0.205. The van der Waals surface area contributed by atoms with Crippen LogP contribution in [0.1, 0.15) is 19.4 Å².